The van der Waals surface area contributed by atoms with Gasteiger partial charge >= 0.3 is 0 Å². The van der Waals surface area contributed by atoms with E-state index in [2.05, 4.69) is 42.5 Å². The summed E-state index contributed by atoms with van der Waals surface area (Å²) in [4.78, 5) is 4.27. The van der Waals surface area contributed by atoms with Crippen LogP contribution in [0.25, 0.3) is 0 Å². The summed E-state index contributed by atoms with van der Waals surface area (Å²) in [5, 5.41) is 15.4. The average Bonchev–Trinajstić information content (AvgIpc) is 2.96. The van der Waals surface area contributed by atoms with Crippen molar-refractivity contribution < 1.29 is 4.74 Å². The summed E-state index contributed by atoms with van der Waals surface area (Å²) in [6.07, 6.45) is 6.77. The molecule has 3 rings (SSSR count). The highest BCUT2D eigenvalue weighted by Crippen LogP contribution is 2.15. The zero-order valence-electron chi connectivity index (χ0n) is 17.3. The fraction of sp³-hybridized carbons (Fsp3) is 0.571. The first-order valence-corrected chi connectivity index (χ1v) is 10.3. The molecule has 1 aromatic heterocycles. The van der Waals surface area contributed by atoms with Crippen molar-refractivity contribution in [2.24, 2.45) is 4.99 Å². The molecule has 0 unspecified atom stereocenters. The summed E-state index contributed by atoms with van der Waals surface area (Å²) in [7, 11) is 1.79. The standard InChI is InChI=1S/C21H32N6O.HI/c1-22-21(24-14-16-28-17-18-9-4-2-5-10-18)23-13-8-12-20-26-25-19-11-6-3-7-15-27(19)20;/h2,4-5,9-10H,3,6-8,11-17H2,1H3,(H2,22,23,24);1H. The number of nitrogens with zero attached hydrogens (tertiary/aromatic N) is 4. The Labute approximate surface area is 190 Å². The predicted molar refractivity (Wildman–Crippen MR) is 127 cm³/mol. The maximum absolute atomic E-state index is 5.69. The van der Waals surface area contributed by atoms with Gasteiger partial charge in [0.2, 0.25) is 0 Å². The fourth-order valence-corrected chi connectivity index (χ4v) is 3.41. The third-order valence-electron chi connectivity index (χ3n) is 4.93. The van der Waals surface area contributed by atoms with Crippen molar-refractivity contribution in [1.82, 2.24) is 25.4 Å². The van der Waals surface area contributed by atoms with Gasteiger partial charge in [-0.1, -0.05) is 36.8 Å². The molecule has 0 amide bonds. The van der Waals surface area contributed by atoms with Gasteiger partial charge < -0.3 is 19.9 Å². The molecule has 0 saturated carbocycles. The van der Waals surface area contributed by atoms with Crippen LogP contribution in [-0.4, -0.2) is 47.5 Å². The largest absolute Gasteiger partial charge is 0.375 e. The molecule has 7 nitrogen and oxygen atoms in total. The first-order chi connectivity index (χ1) is 13.9. The highest BCUT2D eigenvalue weighted by Gasteiger charge is 2.14. The molecule has 0 radical (unpaired) electrons. The number of halogens is 1. The second-order valence-electron chi connectivity index (χ2n) is 7.06. The van der Waals surface area contributed by atoms with Gasteiger partial charge in [0.15, 0.2) is 5.96 Å². The number of guanidine groups is 1. The molecule has 1 aliphatic rings. The quantitative estimate of drug-likeness (QED) is 0.234. The monoisotopic (exact) mass is 512 g/mol. The Balaban J connectivity index is 0.00000300. The molecule has 0 spiro atoms. The number of ether oxygens (including phenoxy) is 1. The van der Waals surface area contributed by atoms with Crippen LogP contribution in [0.3, 0.4) is 0 Å². The zero-order valence-corrected chi connectivity index (χ0v) is 19.6. The van der Waals surface area contributed by atoms with E-state index in [9.17, 15) is 0 Å². The smallest absolute Gasteiger partial charge is 0.191 e. The van der Waals surface area contributed by atoms with E-state index < -0.39 is 0 Å². The van der Waals surface area contributed by atoms with Gasteiger partial charge in [0.05, 0.1) is 13.2 Å². The topological polar surface area (TPSA) is 76.4 Å². The number of aryl methyl sites for hydroxylation is 2. The Kier molecular flexibility index (Phi) is 11.0. The molecule has 2 N–H and O–H groups in total. The first kappa shape index (κ1) is 23.6. The lowest BCUT2D eigenvalue weighted by Crippen LogP contribution is -2.39. The second kappa shape index (κ2) is 13.5. The van der Waals surface area contributed by atoms with Crippen molar-refractivity contribution in [2.45, 2.75) is 51.7 Å². The van der Waals surface area contributed by atoms with Gasteiger partial charge in [-0.25, -0.2) is 0 Å². The van der Waals surface area contributed by atoms with E-state index in [1.54, 1.807) is 7.05 Å². The van der Waals surface area contributed by atoms with Gasteiger partial charge in [-0.05, 0) is 24.8 Å². The number of aromatic nitrogens is 3. The van der Waals surface area contributed by atoms with Crippen molar-refractivity contribution in [3.8, 4) is 0 Å². The summed E-state index contributed by atoms with van der Waals surface area (Å²) in [6, 6.07) is 10.2. The first-order valence-electron chi connectivity index (χ1n) is 10.3. The van der Waals surface area contributed by atoms with Crippen molar-refractivity contribution in [2.75, 3.05) is 26.7 Å². The summed E-state index contributed by atoms with van der Waals surface area (Å²) in [5.74, 6) is 3.09. The molecule has 0 aliphatic carbocycles. The van der Waals surface area contributed by atoms with Crippen LogP contribution in [0.2, 0.25) is 0 Å². The number of nitrogens with one attached hydrogen (secondary N) is 2. The Morgan fingerprint density at radius 1 is 1.10 bits per heavy atom. The van der Waals surface area contributed by atoms with Crippen molar-refractivity contribution >= 4 is 29.9 Å². The minimum absolute atomic E-state index is 0. The maximum Gasteiger partial charge on any atom is 0.191 e. The molecule has 8 heteroatoms. The van der Waals surface area contributed by atoms with E-state index in [4.69, 9.17) is 4.74 Å². The third kappa shape index (κ3) is 7.93. The molecule has 2 heterocycles. The number of rotatable bonds is 9. The Morgan fingerprint density at radius 2 is 1.93 bits per heavy atom. The number of aliphatic imine (C=N–C) groups is 1. The lowest BCUT2D eigenvalue weighted by molar-refractivity contribution is 0.125. The zero-order chi connectivity index (χ0) is 19.4. The van der Waals surface area contributed by atoms with Crippen molar-refractivity contribution in [3.05, 3.63) is 47.5 Å². The van der Waals surface area contributed by atoms with Gasteiger partial charge in [0.25, 0.3) is 0 Å². The number of hydrogen-bond acceptors (Lipinski definition) is 4. The molecular weight excluding hydrogens is 479 g/mol. The third-order valence-corrected chi connectivity index (χ3v) is 4.93. The highest BCUT2D eigenvalue weighted by atomic mass is 127. The number of benzene rings is 1. The number of hydrogen-bond donors (Lipinski definition) is 2. The van der Waals surface area contributed by atoms with Gasteiger partial charge in [-0.3, -0.25) is 4.99 Å². The van der Waals surface area contributed by atoms with Crippen LogP contribution in [0, 0.1) is 0 Å². The summed E-state index contributed by atoms with van der Waals surface area (Å²) < 4.78 is 8.01. The molecule has 0 fully saturated rings. The van der Waals surface area contributed by atoms with E-state index in [-0.39, 0.29) is 24.0 Å². The van der Waals surface area contributed by atoms with Crippen LogP contribution < -0.4 is 10.6 Å². The minimum Gasteiger partial charge on any atom is -0.375 e. The predicted octanol–water partition coefficient (Wildman–Crippen LogP) is 2.94. The molecule has 2 aromatic rings. The van der Waals surface area contributed by atoms with Gasteiger partial charge in [-0.15, -0.1) is 34.2 Å². The lowest BCUT2D eigenvalue weighted by atomic mass is 10.2. The Morgan fingerprint density at radius 3 is 2.76 bits per heavy atom. The van der Waals surface area contributed by atoms with Crippen molar-refractivity contribution in [1.29, 1.82) is 0 Å². The van der Waals surface area contributed by atoms with Gasteiger partial charge in [-0.2, -0.15) is 0 Å². The lowest BCUT2D eigenvalue weighted by Gasteiger charge is -2.12. The average molecular weight is 512 g/mol. The Bertz CT molecular complexity index is 734. The van der Waals surface area contributed by atoms with Crippen LogP contribution in [0.1, 0.15) is 42.9 Å². The minimum atomic E-state index is 0. The van der Waals surface area contributed by atoms with E-state index in [1.807, 2.05) is 18.2 Å². The van der Waals surface area contributed by atoms with E-state index in [0.29, 0.717) is 13.2 Å². The van der Waals surface area contributed by atoms with Crippen LogP contribution in [-0.2, 0) is 30.7 Å². The molecule has 1 aliphatic heterocycles. The van der Waals surface area contributed by atoms with Crippen LogP contribution >= 0.6 is 24.0 Å². The van der Waals surface area contributed by atoms with Gasteiger partial charge in [0, 0.05) is 39.5 Å². The van der Waals surface area contributed by atoms with Crippen LogP contribution in [0.4, 0.5) is 0 Å². The normalized spacial score (nSPS) is 13.9. The summed E-state index contributed by atoms with van der Waals surface area (Å²) >= 11 is 0. The molecular formula is C21H33IN6O. The van der Waals surface area contributed by atoms with Gasteiger partial charge in [0.1, 0.15) is 11.6 Å². The van der Waals surface area contributed by atoms with Crippen molar-refractivity contribution in [3.63, 3.8) is 0 Å². The van der Waals surface area contributed by atoms with E-state index >= 15 is 0 Å². The summed E-state index contributed by atoms with van der Waals surface area (Å²) in [5.41, 5.74) is 1.19. The molecule has 160 valence electrons. The molecule has 0 saturated heterocycles. The molecule has 0 bridgehead atoms. The van der Waals surface area contributed by atoms with E-state index in [0.717, 1.165) is 56.5 Å². The summed E-state index contributed by atoms with van der Waals surface area (Å²) in [6.45, 7) is 3.92. The Hall–Kier alpha value is -1.68. The maximum atomic E-state index is 5.69. The molecule has 0 atom stereocenters. The molecule has 29 heavy (non-hydrogen) atoms. The SMILES string of the molecule is CN=C(NCCCc1nnc2n1CCCCC2)NCCOCc1ccccc1.I. The molecule has 1 aromatic carbocycles. The van der Waals surface area contributed by atoms with E-state index in [1.165, 1.54) is 24.8 Å². The second-order valence-corrected chi connectivity index (χ2v) is 7.06. The fourth-order valence-electron chi connectivity index (χ4n) is 3.41. The highest BCUT2D eigenvalue weighted by molar-refractivity contribution is 14.0. The van der Waals surface area contributed by atoms with Crippen LogP contribution in [0.15, 0.2) is 35.3 Å². The van der Waals surface area contributed by atoms with Crippen LogP contribution in [0.5, 0.6) is 0 Å². The number of fused-ring (bicyclic) bond motifs is 1.